The number of carbonyl (C=O) groups excluding carboxylic acids is 1. The monoisotopic (exact) mass is 484 g/mol. The molecule has 186 valence electrons. The molecule has 0 saturated carbocycles. The van der Waals surface area contributed by atoms with Gasteiger partial charge in [-0.05, 0) is 71.0 Å². The lowest BCUT2D eigenvalue weighted by Gasteiger charge is -2.16. The Kier molecular flexibility index (Phi) is 8.30. The minimum absolute atomic E-state index is 0.256. The molecule has 9 nitrogen and oxygen atoms in total. The Balaban J connectivity index is 1.89. The minimum Gasteiger partial charge on any atom is -0.490 e. The van der Waals surface area contributed by atoms with Gasteiger partial charge in [-0.3, -0.25) is 14.7 Å². The van der Waals surface area contributed by atoms with Crippen molar-refractivity contribution in [2.45, 2.75) is 34.6 Å². The van der Waals surface area contributed by atoms with Crippen LogP contribution in [0.3, 0.4) is 0 Å². The molecule has 35 heavy (non-hydrogen) atoms. The SMILES string of the molecule is CCOc1cc(C(=O)NN=C(C)c2c(C)[nH]n(-c3ccc(F)cc3)c2=O)cc(OCC)c1OCC. The van der Waals surface area contributed by atoms with Crippen LogP contribution in [-0.2, 0) is 0 Å². The second-order valence-electron chi connectivity index (χ2n) is 7.47. The molecular weight excluding hydrogens is 455 g/mol. The minimum atomic E-state index is -0.513. The zero-order valence-electron chi connectivity index (χ0n) is 20.4. The van der Waals surface area contributed by atoms with Gasteiger partial charge in [0.2, 0.25) is 5.75 Å². The van der Waals surface area contributed by atoms with Crippen molar-refractivity contribution < 1.29 is 23.4 Å². The number of ether oxygens (including phenoxy) is 3. The summed E-state index contributed by atoms with van der Waals surface area (Å²) in [5.74, 6) is 0.280. The van der Waals surface area contributed by atoms with Crippen LogP contribution in [0.25, 0.3) is 5.69 Å². The number of rotatable bonds is 10. The number of aromatic nitrogens is 2. The van der Waals surface area contributed by atoms with Gasteiger partial charge in [-0.2, -0.15) is 5.10 Å². The number of H-pyrrole nitrogens is 1. The van der Waals surface area contributed by atoms with Crippen molar-refractivity contribution in [1.82, 2.24) is 15.2 Å². The summed E-state index contributed by atoms with van der Waals surface area (Å²) in [6, 6.07) is 8.62. The largest absolute Gasteiger partial charge is 0.490 e. The second-order valence-corrected chi connectivity index (χ2v) is 7.47. The Hall–Kier alpha value is -4.08. The van der Waals surface area contributed by atoms with E-state index in [1.807, 2.05) is 20.8 Å². The van der Waals surface area contributed by atoms with Gasteiger partial charge in [-0.25, -0.2) is 14.5 Å². The van der Waals surface area contributed by atoms with Crippen molar-refractivity contribution in [2.75, 3.05) is 19.8 Å². The van der Waals surface area contributed by atoms with E-state index in [1.54, 1.807) is 26.0 Å². The van der Waals surface area contributed by atoms with Crippen molar-refractivity contribution in [2.24, 2.45) is 5.10 Å². The Morgan fingerprint density at radius 2 is 1.60 bits per heavy atom. The van der Waals surface area contributed by atoms with Crippen molar-refractivity contribution >= 4 is 11.6 Å². The summed E-state index contributed by atoms with van der Waals surface area (Å²) < 4.78 is 31.5. The normalized spacial score (nSPS) is 11.3. The fourth-order valence-corrected chi connectivity index (χ4v) is 3.52. The number of carbonyl (C=O) groups is 1. The summed E-state index contributed by atoms with van der Waals surface area (Å²) in [5, 5.41) is 7.09. The van der Waals surface area contributed by atoms with E-state index >= 15 is 0 Å². The fraction of sp³-hybridized carbons (Fsp3) is 0.320. The molecule has 0 saturated heterocycles. The molecule has 1 aromatic heterocycles. The van der Waals surface area contributed by atoms with Gasteiger partial charge in [-0.15, -0.1) is 0 Å². The first-order valence-electron chi connectivity index (χ1n) is 11.3. The predicted molar refractivity (Wildman–Crippen MR) is 131 cm³/mol. The molecule has 10 heteroatoms. The van der Waals surface area contributed by atoms with Crippen molar-refractivity contribution in [1.29, 1.82) is 0 Å². The second kappa shape index (κ2) is 11.4. The van der Waals surface area contributed by atoms with Gasteiger partial charge in [0.05, 0.1) is 36.8 Å². The Morgan fingerprint density at radius 3 is 2.14 bits per heavy atom. The Bertz CT molecular complexity index is 1250. The van der Waals surface area contributed by atoms with Crippen LogP contribution in [0.4, 0.5) is 4.39 Å². The van der Waals surface area contributed by atoms with Crippen molar-refractivity contribution in [3.8, 4) is 22.9 Å². The van der Waals surface area contributed by atoms with Crippen LogP contribution in [0.1, 0.15) is 49.3 Å². The molecule has 0 bridgehead atoms. The van der Waals surface area contributed by atoms with Gasteiger partial charge in [0.15, 0.2) is 11.5 Å². The van der Waals surface area contributed by atoms with Crippen LogP contribution in [0, 0.1) is 12.7 Å². The number of benzene rings is 2. The van der Waals surface area contributed by atoms with E-state index in [4.69, 9.17) is 14.2 Å². The smallest absolute Gasteiger partial charge is 0.280 e. The van der Waals surface area contributed by atoms with Crippen LogP contribution in [0.5, 0.6) is 17.2 Å². The number of nitrogens with one attached hydrogen (secondary N) is 2. The maximum Gasteiger partial charge on any atom is 0.280 e. The van der Waals surface area contributed by atoms with Gasteiger partial charge < -0.3 is 14.2 Å². The van der Waals surface area contributed by atoms with Gasteiger partial charge in [0, 0.05) is 11.3 Å². The van der Waals surface area contributed by atoms with E-state index in [0.717, 1.165) is 0 Å². The van der Waals surface area contributed by atoms with Gasteiger partial charge in [-0.1, -0.05) is 0 Å². The van der Waals surface area contributed by atoms with Crippen LogP contribution in [0.2, 0.25) is 0 Å². The molecule has 0 spiro atoms. The molecule has 2 N–H and O–H groups in total. The number of amides is 1. The van der Waals surface area contributed by atoms with Crippen molar-refractivity contribution in [3.05, 3.63) is 69.4 Å². The quantitative estimate of drug-likeness (QED) is 0.335. The Morgan fingerprint density at radius 1 is 1.03 bits per heavy atom. The van der Waals surface area contributed by atoms with Gasteiger partial charge in [0.1, 0.15) is 5.82 Å². The zero-order valence-corrected chi connectivity index (χ0v) is 20.4. The summed E-state index contributed by atoms with van der Waals surface area (Å²) in [5.41, 5.74) is 3.99. The number of hydrazone groups is 1. The number of aryl methyl sites for hydroxylation is 1. The molecule has 3 aromatic rings. The average Bonchev–Trinajstić information content (AvgIpc) is 3.13. The average molecular weight is 485 g/mol. The van der Waals surface area contributed by atoms with E-state index in [9.17, 15) is 14.0 Å². The highest BCUT2D eigenvalue weighted by Crippen LogP contribution is 2.39. The van der Waals surface area contributed by atoms with E-state index in [-0.39, 0.29) is 11.1 Å². The summed E-state index contributed by atoms with van der Waals surface area (Å²) in [4.78, 5) is 25.9. The molecule has 0 unspecified atom stereocenters. The maximum atomic E-state index is 13.2. The van der Waals surface area contributed by atoms with Crippen LogP contribution in [-0.4, -0.2) is 41.2 Å². The first-order chi connectivity index (χ1) is 16.8. The van der Waals surface area contributed by atoms with Crippen LogP contribution >= 0.6 is 0 Å². The first-order valence-corrected chi connectivity index (χ1v) is 11.3. The van der Waals surface area contributed by atoms with E-state index in [2.05, 4.69) is 15.6 Å². The Labute approximate surface area is 202 Å². The number of halogens is 1. The lowest BCUT2D eigenvalue weighted by Crippen LogP contribution is -2.23. The highest BCUT2D eigenvalue weighted by molar-refractivity contribution is 6.01. The summed E-state index contributed by atoms with van der Waals surface area (Å²) >= 11 is 0. The summed E-state index contributed by atoms with van der Waals surface area (Å²) in [7, 11) is 0. The third kappa shape index (κ3) is 5.71. The van der Waals surface area contributed by atoms with E-state index < -0.39 is 11.7 Å². The molecule has 0 aliphatic heterocycles. The van der Waals surface area contributed by atoms with Gasteiger partial charge >= 0.3 is 0 Å². The topological polar surface area (TPSA) is 107 Å². The number of aromatic amines is 1. The number of hydrogen-bond donors (Lipinski definition) is 2. The lowest BCUT2D eigenvalue weighted by atomic mass is 10.1. The molecule has 1 amide bonds. The van der Waals surface area contributed by atoms with Crippen LogP contribution < -0.4 is 25.2 Å². The fourth-order valence-electron chi connectivity index (χ4n) is 3.52. The molecule has 0 fully saturated rings. The summed E-state index contributed by atoms with van der Waals surface area (Å²) in [6.45, 7) is 9.98. The molecule has 0 aliphatic rings. The molecular formula is C25H29FN4O5. The maximum absolute atomic E-state index is 13.2. The third-order valence-electron chi connectivity index (χ3n) is 5.01. The highest BCUT2D eigenvalue weighted by Gasteiger charge is 2.19. The molecule has 0 aliphatic carbocycles. The molecule has 1 heterocycles. The van der Waals surface area contributed by atoms with Gasteiger partial charge in [0.25, 0.3) is 11.5 Å². The van der Waals surface area contributed by atoms with E-state index in [1.165, 1.54) is 28.9 Å². The lowest BCUT2D eigenvalue weighted by molar-refractivity contribution is 0.0953. The van der Waals surface area contributed by atoms with E-state index in [0.29, 0.717) is 59.7 Å². The molecule has 0 atom stereocenters. The van der Waals surface area contributed by atoms with Crippen molar-refractivity contribution in [3.63, 3.8) is 0 Å². The molecule has 0 radical (unpaired) electrons. The highest BCUT2D eigenvalue weighted by atomic mass is 19.1. The predicted octanol–water partition coefficient (Wildman–Crippen LogP) is 3.96. The number of hydrogen-bond acceptors (Lipinski definition) is 6. The zero-order chi connectivity index (χ0) is 25.5. The first kappa shape index (κ1) is 25.5. The third-order valence-corrected chi connectivity index (χ3v) is 5.01. The standard InChI is InChI=1S/C25H29FN4O5/c1-6-33-20-13-17(14-21(34-7-2)23(20)35-8-3)24(31)28-27-15(4)22-16(5)29-30(25(22)32)19-11-9-18(26)10-12-19/h9-14,29H,6-8H2,1-5H3,(H,28,31). The molecule has 3 rings (SSSR count). The molecule has 2 aromatic carbocycles. The summed E-state index contributed by atoms with van der Waals surface area (Å²) in [6.07, 6.45) is 0. The van der Waals surface area contributed by atoms with Crippen LogP contribution in [0.15, 0.2) is 46.3 Å². The number of nitrogens with zero attached hydrogens (tertiary/aromatic N) is 2.